The van der Waals surface area contributed by atoms with Gasteiger partial charge in [0.2, 0.25) is 5.95 Å². The van der Waals surface area contributed by atoms with Crippen molar-refractivity contribution in [3.8, 4) is 0 Å². The molecule has 0 fully saturated rings. The molecular formula is C12H15FIN3. The molecule has 0 radical (unpaired) electrons. The molecule has 0 aliphatic carbocycles. The molecule has 1 unspecified atom stereocenters. The molecule has 17 heavy (non-hydrogen) atoms. The summed E-state index contributed by atoms with van der Waals surface area (Å²) in [5, 5.41) is 0. The predicted octanol–water partition coefficient (Wildman–Crippen LogP) is 3.58. The standard InChI is InChI=1S/C12H15FIN3/c1-6(2)7(3)17-11-4-8(13)9(14)5-10(11)16-12(17)15/h4-7H,1-3H3,(H2,15,16). The van der Waals surface area contributed by atoms with Crippen molar-refractivity contribution in [3.63, 3.8) is 0 Å². The normalized spacial score (nSPS) is 13.5. The van der Waals surface area contributed by atoms with Gasteiger partial charge in [0.25, 0.3) is 0 Å². The van der Waals surface area contributed by atoms with Gasteiger partial charge in [-0.15, -0.1) is 0 Å². The number of anilines is 1. The van der Waals surface area contributed by atoms with E-state index in [0.29, 0.717) is 15.4 Å². The summed E-state index contributed by atoms with van der Waals surface area (Å²) in [4.78, 5) is 4.29. The van der Waals surface area contributed by atoms with Crippen LogP contribution in [-0.4, -0.2) is 9.55 Å². The highest BCUT2D eigenvalue weighted by atomic mass is 127. The molecule has 0 saturated heterocycles. The van der Waals surface area contributed by atoms with Crippen LogP contribution < -0.4 is 5.73 Å². The van der Waals surface area contributed by atoms with Gasteiger partial charge in [0.1, 0.15) is 5.82 Å². The molecule has 0 bridgehead atoms. The van der Waals surface area contributed by atoms with Gasteiger partial charge >= 0.3 is 0 Å². The summed E-state index contributed by atoms with van der Waals surface area (Å²) in [5.74, 6) is 0.634. The number of nitrogens with zero attached hydrogens (tertiary/aromatic N) is 2. The van der Waals surface area contributed by atoms with Crippen molar-refractivity contribution < 1.29 is 4.39 Å². The van der Waals surface area contributed by atoms with Gasteiger partial charge in [-0.2, -0.15) is 0 Å². The molecule has 1 heterocycles. The van der Waals surface area contributed by atoms with E-state index >= 15 is 0 Å². The zero-order valence-corrected chi connectivity index (χ0v) is 12.2. The van der Waals surface area contributed by atoms with Crippen molar-refractivity contribution in [2.75, 3.05) is 5.73 Å². The molecule has 2 aromatic rings. The van der Waals surface area contributed by atoms with Crippen molar-refractivity contribution in [2.24, 2.45) is 5.92 Å². The van der Waals surface area contributed by atoms with Crippen LogP contribution in [0, 0.1) is 15.3 Å². The van der Waals surface area contributed by atoms with Gasteiger partial charge in [0, 0.05) is 12.1 Å². The molecule has 0 aliphatic rings. The quantitative estimate of drug-likeness (QED) is 0.844. The van der Waals surface area contributed by atoms with Crippen LogP contribution in [0.15, 0.2) is 12.1 Å². The van der Waals surface area contributed by atoms with E-state index in [1.165, 1.54) is 6.07 Å². The average Bonchev–Trinajstić information content (AvgIpc) is 2.53. The summed E-state index contributed by atoms with van der Waals surface area (Å²) >= 11 is 1.96. The van der Waals surface area contributed by atoms with Crippen LogP contribution in [0.4, 0.5) is 10.3 Å². The summed E-state index contributed by atoms with van der Waals surface area (Å²) < 4.78 is 16.1. The number of benzene rings is 1. The summed E-state index contributed by atoms with van der Waals surface area (Å²) in [7, 11) is 0. The van der Waals surface area contributed by atoms with Gasteiger partial charge in [-0.3, -0.25) is 0 Å². The lowest BCUT2D eigenvalue weighted by Gasteiger charge is -2.19. The van der Waals surface area contributed by atoms with Crippen molar-refractivity contribution in [1.29, 1.82) is 0 Å². The Labute approximate surface area is 113 Å². The van der Waals surface area contributed by atoms with Crippen LogP contribution in [0.25, 0.3) is 11.0 Å². The number of nitrogen functional groups attached to an aromatic ring is 1. The Morgan fingerprint density at radius 3 is 2.59 bits per heavy atom. The lowest BCUT2D eigenvalue weighted by Crippen LogP contribution is -2.14. The van der Waals surface area contributed by atoms with Crippen LogP contribution in [0.5, 0.6) is 0 Å². The third kappa shape index (κ3) is 2.12. The molecule has 92 valence electrons. The highest BCUT2D eigenvalue weighted by Gasteiger charge is 2.18. The van der Waals surface area contributed by atoms with Crippen molar-refractivity contribution in [3.05, 3.63) is 21.5 Å². The van der Waals surface area contributed by atoms with E-state index in [-0.39, 0.29) is 11.9 Å². The molecule has 3 nitrogen and oxygen atoms in total. The average molecular weight is 347 g/mol. The number of fused-ring (bicyclic) bond motifs is 1. The molecule has 1 aromatic carbocycles. The summed E-state index contributed by atoms with van der Waals surface area (Å²) in [6.45, 7) is 6.29. The molecular weight excluding hydrogens is 332 g/mol. The first-order chi connectivity index (χ1) is 7.91. The molecule has 2 rings (SSSR count). The molecule has 0 spiro atoms. The highest BCUT2D eigenvalue weighted by Crippen LogP contribution is 2.29. The minimum absolute atomic E-state index is 0.194. The van der Waals surface area contributed by atoms with Crippen molar-refractivity contribution in [1.82, 2.24) is 9.55 Å². The van der Waals surface area contributed by atoms with Crippen LogP contribution in [-0.2, 0) is 0 Å². The Bertz CT molecular complexity index is 562. The van der Waals surface area contributed by atoms with Crippen LogP contribution in [0.1, 0.15) is 26.8 Å². The first-order valence-electron chi connectivity index (χ1n) is 5.54. The highest BCUT2D eigenvalue weighted by molar-refractivity contribution is 14.1. The maximum absolute atomic E-state index is 13.6. The second-order valence-corrected chi connectivity index (χ2v) is 5.74. The second kappa shape index (κ2) is 4.44. The lowest BCUT2D eigenvalue weighted by atomic mass is 10.1. The second-order valence-electron chi connectivity index (χ2n) is 4.58. The van der Waals surface area contributed by atoms with Gasteiger partial charge in [-0.1, -0.05) is 13.8 Å². The van der Waals surface area contributed by atoms with Gasteiger partial charge < -0.3 is 10.3 Å². The van der Waals surface area contributed by atoms with E-state index in [2.05, 4.69) is 25.8 Å². The summed E-state index contributed by atoms with van der Waals surface area (Å²) in [6, 6.07) is 3.43. The Morgan fingerprint density at radius 2 is 2.00 bits per heavy atom. The number of hydrogen-bond donors (Lipinski definition) is 1. The van der Waals surface area contributed by atoms with Crippen LogP contribution in [0.2, 0.25) is 0 Å². The zero-order valence-electron chi connectivity index (χ0n) is 10.0. The SMILES string of the molecule is CC(C)C(C)n1c(N)nc2cc(I)c(F)cc21. The Balaban J connectivity index is 2.70. The molecule has 5 heteroatoms. The number of rotatable bonds is 2. The van der Waals surface area contributed by atoms with E-state index in [1.54, 1.807) is 6.07 Å². The summed E-state index contributed by atoms with van der Waals surface area (Å²) in [5.41, 5.74) is 7.44. The van der Waals surface area contributed by atoms with Crippen molar-refractivity contribution in [2.45, 2.75) is 26.8 Å². The van der Waals surface area contributed by atoms with Gasteiger partial charge in [0.05, 0.1) is 14.6 Å². The smallest absolute Gasteiger partial charge is 0.201 e. The monoisotopic (exact) mass is 347 g/mol. The number of imidazole rings is 1. The fraction of sp³-hybridized carbons (Fsp3) is 0.417. The first-order valence-corrected chi connectivity index (χ1v) is 6.62. The third-order valence-corrected chi connectivity index (χ3v) is 3.96. The van der Waals surface area contributed by atoms with E-state index in [4.69, 9.17) is 5.73 Å². The number of hydrogen-bond acceptors (Lipinski definition) is 2. The van der Waals surface area contributed by atoms with E-state index in [0.717, 1.165) is 11.0 Å². The predicted molar refractivity (Wildman–Crippen MR) is 76.4 cm³/mol. The molecule has 0 saturated carbocycles. The molecule has 0 aliphatic heterocycles. The Morgan fingerprint density at radius 1 is 1.35 bits per heavy atom. The Hall–Kier alpha value is -0.850. The largest absolute Gasteiger partial charge is 0.369 e. The first kappa shape index (κ1) is 12.6. The van der Waals surface area contributed by atoms with E-state index in [1.807, 2.05) is 27.2 Å². The van der Waals surface area contributed by atoms with E-state index < -0.39 is 0 Å². The number of halogens is 2. The minimum atomic E-state index is -0.227. The number of nitrogens with two attached hydrogens (primary N) is 1. The van der Waals surface area contributed by atoms with Gasteiger partial charge in [-0.25, -0.2) is 9.37 Å². The van der Waals surface area contributed by atoms with Crippen LogP contribution in [0.3, 0.4) is 0 Å². The third-order valence-electron chi connectivity index (χ3n) is 3.13. The summed E-state index contributed by atoms with van der Waals surface area (Å²) in [6.07, 6.45) is 0. The molecule has 1 atom stereocenters. The molecule has 2 N–H and O–H groups in total. The maximum Gasteiger partial charge on any atom is 0.201 e. The van der Waals surface area contributed by atoms with Crippen molar-refractivity contribution >= 4 is 39.6 Å². The fourth-order valence-electron chi connectivity index (χ4n) is 1.84. The molecule has 0 amide bonds. The van der Waals surface area contributed by atoms with Gasteiger partial charge in [-0.05, 0) is 41.5 Å². The van der Waals surface area contributed by atoms with Gasteiger partial charge in [0.15, 0.2) is 0 Å². The maximum atomic E-state index is 13.6. The fourth-order valence-corrected chi connectivity index (χ4v) is 2.29. The van der Waals surface area contributed by atoms with E-state index in [9.17, 15) is 4.39 Å². The van der Waals surface area contributed by atoms with Crippen LogP contribution >= 0.6 is 22.6 Å². The zero-order chi connectivity index (χ0) is 12.7. The lowest BCUT2D eigenvalue weighted by molar-refractivity contribution is 0.421. The number of aromatic nitrogens is 2. The Kier molecular flexibility index (Phi) is 3.29. The topological polar surface area (TPSA) is 43.8 Å². The minimum Gasteiger partial charge on any atom is -0.369 e. The molecule has 1 aromatic heterocycles.